The van der Waals surface area contributed by atoms with Crippen LogP contribution >= 0.6 is 0 Å². The van der Waals surface area contributed by atoms with E-state index in [1.807, 2.05) is 6.07 Å². The van der Waals surface area contributed by atoms with E-state index in [-0.39, 0.29) is 6.61 Å². The van der Waals surface area contributed by atoms with Crippen molar-refractivity contribution in [3.8, 4) is 5.75 Å². The fourth-order valence-electron chi connectivity index (χ4n) is 1.79. The average molecular weight is 296 g/mol. The number of esters is 2. The second-order valence-electron chi connectivity index (χ2n) is 4.47. The largest absolute Gasteiger partial charge is 0.458 e. The summed E-state index contributed by atoms with van der Waals surface area (Å²) in [6, 6.07) is 15.7. The molecular weight excluding hydrogens is 280 g/mol. The highest BCUT2D eigenvalue weighted by molar-refractivity contribution is 5.91. The van der Waals surface area contributed by atoms with Gasteiger partial charge in [-0.2, -0.15) is 0 Å². The summed E-state index contributed by atoms with van der Waals surface area (Å²) in [6.07, 6.45) is 2.93. The van der Waals surface area contributed by atoms with Crippen molar-refractivity contribution >= 4 is 11.9 Å². The number of carbonyl (C=O) groups excluding carboxylic acids is 2. The summed E-state index contributed by atoms with van der Waals surface area (Å²) in [5.74, 6) is -0.510. The molecule has 0 aliphatic carbocycles. The Kier molecular flexibility index (Phi) is 5.49. The monoisotopic (exact) mass is 296 g/mol. The van der Waals surface area contributed by atoms with Crippen LogP contribution < -0.4 is 4.74 Å². The maximum Gasteiger partial charge on any atom is 0.343 e. The lowest BCUT2D eigenvalue weighted by Crippen LogP contribution is -2.10. The van der Waals surface area contributed by atoms with Crippen molar-refractivity contribution in [2.75, 3.05) is 0 Å². The summed E-state index contributed by atoms with van der Waals surface area (Å²) < 4.78 is 10.5. The summed E-state index contributed by atoms with van der Waals surface area (Å²) in [6.45, 7) is 1.78. The van der Waals surface area contributed by atoms with Gasteiger partial charge in [0.2, 0.25) is 0 Å². The zero-order valence-corrected chi connectivity index (χ0v) is 12.2. The number of hydrogen-bond acceptors (Lipinski definition) is 4. The van der Waals surface area contributed by atoms with Gasteiger partial charge in [-0.3, -0.25) is 0 Å². The van der Waals surface area contributed by atoms with E-state index in [0.29, 0.717) is 16.9 Å². The van der Waals surface area contributed by atoms with Gasteiger partial charge in [0.05, 0.1) is 5.56 Å². The van der Waals surface area contributed by atoms with Gasteiger partial charge in [0.25, 0.3) is 0 Å². The molecule has 0 aliphatic rings. The van der Waals surface area contributed by atoms with Gasteiger partial charge >= 0.3 is 11.9 Å². The van der Waals surface area contributed by atoms with E-state index < -0.39 is 11.9 Å². The average Bonchev–Trinajstić information content (AvgIpc) is 2.55. The molecule has 0 heterocycles. The Morgan fingerprint density at radius 3 is 2.41 bits per heavy atom. The second kappa shape index (κ2) is 7.78. The van der Waals surface area contributed by atoms with E-state index in [1.165, 1.54) is 6.08 Å². The molecule has 0 atom stereocenters. The molecule has 0 aliphatic heterocycles. The van der Waals surface area contributed by atoms with Crippen LogP contribution in [0.2, 0.25) is 0 Å². The summed E-state index contributed by atoms with van der Waals surface area (Å²) in [7, 11) is 0. The SMILES string of the molecule is CC=CC(=O)OCc1ccccc1OC(=O)c1ccccc1. The third kappa shape index (κ3) is 4.31. The van der Waals surface area contributed by atoms with Crippen LogP contribution in [0, 0.1) is 0 Å². The molecule has 0 radical (unpaired) electrons. The van der Waals surface area contributed by atoms with Crippen molar-refractivity contribution < 1.29 is 19.1 Å². The fourth-order valence-corrected chi connectivity index (χ4v) is 1.79. The minimum Gasteiger partial charge on any atom is -0.458 e. The Morgan fingerprint density at radius 2 is 1.68 bits per heavy atom. The molecule has 0 N–H and O–H groups in total. The molecule has 0 unspecified atom stereocenters. The summed E-state index contributed by atoms with van der Waals surface area (Å²) in [5.41, 5.74) is 1.09. The van der Waals surface area contributed by atoms with Crippen LogP contribution in [0.1, 0.15) is 22.8 Å². The number of para-hydroxylation sites is 1. The van der Waals surface area contributed by atoms with Gasteiger partial charge in [0.15, 0.2) is 0 Å². The molecule has 2 rings (SSSR count). The van der Waals surface area contributed by atoms with Crippen molar-refractivity contribution in [1.29, 1.82) is 0 Å². The van der Waals surface area contributed by atoms with Crippen LogP contribution in [0.15, 0.2) is 66.7 Å². The van der Waals surface area contributed by atoms with E-state index in [9.17, 15) is 9.59 Å². The Bertz CT molecular complexity index is 674. The quantitative estimate of drug-likeness (QED) is 0.481. The van der Waals surface area contributed by atoms with Gasteiger partial charge < -0.3 is 9.47 Å². The number of hydrogen-bond donors (Lipinski definition) is 0. The molecule has 0 saturated carbocycles. The van der Waals surface area contributed by atoms with E-state index in [1.54, 1.807) is 61.5 Å². The third-order valence-corrected chi connectivity index (χ3v) is 2.86. The molecule has 22 heavy (non-hydrogen) atoms. The smallest absolute Gasteiger partial charge is 0.343 e. The standard InChI is InChI=1S/C18H16O4/c1-2-8-17(19)21-13-15-11-6-7-12-16(15)22-18(20)14-9-4-3-5-10-14/h2-12H,13H2,1H3. The number of ether oxygens (including phenoxy) is 2. The lowest BCUT2D eigenvalue weighted by atomic mass is 10.2. The molecule has 112 valence electrons. The van der Waals surface area contributed by atoms with Gasteiger partial charge in [-0.05, 0) is 25.1 Å². The first kappa shape index (κ1) is 15.5. The first-order chi connectivity index (χ1) is 10.7. The van der Waals surface area contributed by atoms with Crippen molar-refractivity contribution in [2.24, 2.45) is 0 Å². The highest BCUT2D eigenvalue weighted by atomic mass is 16.5. The number of benzene rings is 2. The van der Waals surface area contributed by atoms with Crippen molar-refractivity contribution in [3.05, 3.63) is 77.9 Å². The number of carbonyl (C=O) groups is 2. The highest BCUT2D eigenvalue weighted by Gasteiger charge is 2.11. The normalized spacial score (nSPS) is 10.4. The highest BCUT2D eigenvalue weighted by Crippen LogP contribution is 2.20. The molecule has 0 fully saturated rings. The molecule has 0 bridgehead atoms. The molecule has 2 aromatic rings. The molecular formula is C18H16O4. The first-order valence-electron chi connectivity index (χ1n) is 6.85. The second-order valence-corrected chi connectivity index (χ2v) is 4.47. The maximum absolute atomic E-state index is 12.1. The van der Waals surface area contributed by atoms with E-state index in [2.05, 4.69) is 0 Å². The topological polar surface area (TPSA) is 52.6 Å². The lowest BCUT2D eigenvalue weighted by molar-refractivity contribution is -0.139. The van der Waals surface area contributed by atoms with Gasteiger partial charge in [-0.15, -0.1) is 0 Å². The summed E-state index contributed by atoms with van der Waals surface area (Å²) >= 11 is 0. The van der Waals surface area contributed by atoms with Crippen LogP contribution in [0.4, 0.5) is 0 Å². The number of rotatable bonds is 5. The fraction of sp³-hybridized carbons (Fsp3) is 0.111. The van der Waals surface area contributed by atoms with Crippen molar-refractivity contribution in [3.63, 3.8) is 0 Å². The Balaban J connectivity index is 2.08. The van der Waals surface area contributed by atoms with E-state index in [0.717, 1.165) is 0 Å². The van der Waals surface area contributed by atoms with Gasteiger partial charge in [-0.25, -0.2) is 9.59 Å². The Labute approximate surface area is 129 Å². The molecule has 4 heteroatoms. The molecule has 0 amide bonds. The van der Waals surface area contributed by atoms with Crippen molar-refractivity contribution in [1.82, 2.24) is 0 Å². The third-order valence-electron chi connectivity index (χ3n) is 2.86. The molecule has 0 saturated heterocycles. The predicted molar refractivity (Wildman–Crippen MR) is 82.5 cm³/mol. The Morgan fingerprint density at radius 1 is 1.00 bits per heavy atom. The van der Waals surface area contributed by atoms with Crippen molar-refractivity contribution in [2.45, 2.75) is 13.5 Å². The Hall–Kier alpha value is -2.88. The van der Waals surface area contributed by atoms with Crippen LogP contribution in [0.3, 0.4) is 0 Å². The zero-order valence-electron chi connectivity index (χ0n) is 12.2. The molecule has 0 aromatic heterocycles. The first-order valence-corrected chi connectivity index (χ1v) is 6.85. The molecule has 2 aromatic carbocycles. The van der Waals surface area contributed by atoms with Gasteiger partial charge in [0.1, 0.15) is 12.4 Å². The van der Waals surface area contributed by atoms with Crippen LogP contribution in [0.25, 0.3) is 0 Å². The van der Waals surface area contributed by atoms with Crippen LogP contribution in [-0.2, 0) is 16.1 Å². The predicted octanol–water partition coefficient (Wildman–Crippen LogP) is 3.53. The van der Waals surface area contributed by atoms with E-state index >= 15 is 0 Å². The van der Waals surface area contributed by atoms with Crippen LogP contribution in [-0.4, -0.2) is 11.9 Å². The zero-order chi connectivity index (χ0) is 15.8. The van der Waals surface area contributed by atoms with Gasteiger partial charge in [0, 0.05) is 11.6 Å². The molecule has 4 nitrogen and oxygen atoms in total. The number of allylic oxidation sites excluding steroid dienone is 1. The lowest BCUT2D eigenvalue weighted by Gasteiger charge is -2.10. The maximum atomic E-state index is 12.1. The minimum absolute atomic E-state index is 0.0431. The molecule has 0 spiro atoms. The van der Waals surface area contributed by atoms with Crippen LogP contribution in [0.5, 0.6) is 5.75 Å². The summed E-state index contributed by atoms with van der Waals surface area (Å²) in [5, 5.41) is 0. The van der Waals surface area contributed by atoms with E-state index in [4.69, 9.17) is 9.47 Å². The van der Waals surface area contributed by atoms with Gasteiger partial charge in [-0.1, -0.05) is 42.5 Å². The minimum atomic E-state index is -0.451. The summed E-state index contributed by atoms with van der Waals surface area (Å²) in [4.78, 5) is 23.4.